The topological polar surface area (TPSA) is 62.2 Å². The van der Waals surface area contributed by atoms with Crippen molar-refractivity contribution in [3.05, 3.63) is 108 Å². The van der Waals surface area contributed by atoms with Gasteiger partial charge in [-0.1, -0.05) is 70.5 Å². The van der Waals surface area contributed by atoms with Crippen LogP contribution in [0.5, 0.6) is 17.2 Å². The van der Waals surface area contributed by atoms with Gasteiger partial charge in [0, 0.05) is 56.5 Å². The fourth-order valence-electron chi connectivity index (χ4n) is 6.29. The standard InChI is InChI=1S/C39H46N2O4.C2H6/c1-39(2)22-7-9-33(39)27-41(26-32-17-20-35(42)25-37(32)44-5)38(43)30-15-13-29(14-16-30)31-8-6-10-36(24-31)45-23-21-28-11-18-34(19-12-28)40(3)4;1-2/h6,8,10-20,24-25,33,42H,7,9,21-23,26-27H2,1-5H3;1-2H3. The van der Waals surface area contributed by atoms with Gasteiger partial charge < -0.3 is 24.4 Å². The predicted molar refractivity (Wildman–Crippen MR) is 194 cm³/mol. The second kappa shape index (κ2) is 16.4. The molecule has 6 heteroatoms. The van der Waals surface area contributed by atoms with Gasteiger partial charge in [0.1, 0.15) is 17.2 Å². The zero-order valence-electron chi connectivity index (χ0n) is 29.3. The summed E-state index contributed by atoms with van der Waals surface area (Å²) in [6.45, 7) is 10.3. The Morgan fingerprint density at radius 1 is 0.915 bits per heavy atom. The highest BCUT2D eigenvalue weighted by molar-refractivity contribution is 5.94. The van der Waals surface area contributed by atoms with Crippen LogP contribution in [0.1, 0.15) is 68.4 Å². The Hall–Kier alpha value is -4.45. The number of rotatable bonds is 12. The zero-order valence-corrected chi connectivity index (χ0v) is 29.3. The van der Waals surface area contributed by atoms with Crippen LogP contribution >= 0.6 is 0 Å². The molecule has 1 amide bonds. The first-order valence-electron chi connectivity index (χ1n) is 16.9. The highest BCUT2D eigenvalue weighted by Crippen LogP contribution is 2.43. The maximum Gasteiger partial charge on any atom is 0.254 e. The molecule has 47 heavy (non-hydrogen) atoms. The number of hydrogen-bond donors (Lipinski definition) is 1. The summed E-state index contributed by atoms with van der Waals surface area (Å²) < 4.78 is 11.7. The zero-order chi connectivity index (χ0) is 34.0. The summed E-state index contributed by atoms with van der Waals surface area (Å²) in [5.41, 5.74) is 6.21. The van der Waals surface area contributed by atoms with Crippen LogP contribution in [-0.4, -0.2) is 50.3 Å². The quantitative estimate of drug-likeness (QED) is 0.168. The van der Waals surface area contributed by atoms with Crippen LogP contribution < -0.4 is 14.4 Å². The Morgan fingerprint density at radius 2 is 1.64 bits per heavy atom. The van der Waals surface area contributed by atoms with Crippen molar-refractivity contribution < 1.29 is 19.4 Å². The van der Waals surface area contributed by atoms with Gasteiger partial charge in [-0.25, -0.2) is 0 Å². The molecule has 6 nitrogen and oxygen atoms in total. The van der Waals surface area contributed by atoms with Crippen LogP contribution in [0.15, 0.2) is 91.0 Å². The molecule has 1 unspecified atom stereocenters. The molecule has 4 aromatic carbocycles. The van der Waals surface area contributed by atoms with E-state index in [9.17, 15) is 9.90 Å². The molecule has 250 valence electrons. The van der Waals surface area contributed by atoms with Crippen molar-refractivity contribution in [2.24, 2.45) is 11.3 Å². The fourth-order valence-corrected chi connectivity index (χ4v) is 6.29. The van der Waals surface area contributed by atoms with E-state index in [-0.39, 0.29) is 17.1 Å². The summed E-state index contributed by atoms with van der Waals surface area (Å²) >= 11 is 0. The van der Waals surface area contributed by atoms with Gasteiger partial charge in [-0.05, 0) is 89.4 Å². The third-order valence-electron chi connectivity index (χ3n) is 9.25. The average molecular weight is 637 g/mol. The molecular formula is C41H52N2O4. The second-order valence-electron chi connectivity index (χ2n) is 13.0. The summed E-state index contributed by atoms with van der Waals surface area (Å²) in [7, 11) is 5.67. The highest BCUT2D eigenvalue weighted by atomic mass is 16.5. The van der Waals surface area contributed by atoms with E-state index in [1.54, 1.807) is 19.2 Å². The number of amides is 1. The van der Waals surface area contributed by atoms with E-state index in [0.717, 1.165) is 35.3 Å². The number of anilines is 1. The summed E-state index contributed by atoms with van der Waals surface area (Å²) in [4.78, 5) is 18.1. The first kappa shape index (κ1) is 35.4. The Bertz CT molecular complexity index is 1580. The van der Waals surface area contributed by atoms with Gasteiger partial charge in [-0.15, -0.1) is 0 Å². The summed E-state index contributed by atoms with van der Waals surface area (Å²) in [5.74, 6) is 1.97. The third-order valence-corrected chi connectivity index (χ3v) is 9.25. The largest absolute Gasteiger partial charge is 0.508 e. The van der Waals surface area contributed by atoms with Crippen LogP contribution in [0, 0.1) is 11.3 Å². The number of benzene rings is 4. The van der Waals surface area contributed by atoms with E-state index < -0.39 is 0 Å². The van der Waals surface area contributed by atoms with Crippen LogP contribution in [0.3, 0.4) is 0 Å². The van der Waals surface area contributed by atoms with E-state index in [1.165, 1.54) is 24.1 Å². The minimum absolute atomic E-state index is 0.00456. The molecule has 1 saturated carbocycles. The van der Waals surface area contributed by atoms with Crippen LogP contribution in [0.2, 0.25) is 0 Å². The Labute approximate surface area is 282 Å². The van der Waals surface area contributed by atoms with Gasteiger partial charge in [0.25, 0.3) is 5.91 Å². The van der Waals surface area contributed by atoms with E-state index in [4.69, 9.17) is 9.47 Å². The molecule has 1 N–H and O–H groups in total. The van der Waals surface area contributed by atoms with Crippen LogP contribution in [-0.2, 0) is 13.0 Å². The molecule has 1 atom stereocenters. The maximum atomic E-state index is 14.0. The molecule has 0 aliphatic heterocycles. The molecule has 0 saturated heterocycles. The number of methoxy groups -OCH3 is 1. The number of aromatic hydroxyl groups is 1. The Morgan fingerprint density at radius 3 is 2.28 bits per heavy atom. The number of ether oxygens (including phenoxy) is 2. The number of hydrogen-bond acceptors (Lipinski definition) is 5. The fraction of sp³-hybridized carbons (Fsp3) is 0.390. The SMILES string of the molecule is CC.COc1cc(O)ccc1CN(CC1CCCC1(C)C)C(=O)c1ccc(-c2cccc(OCCc3ccc(N(C)C)cc3)c2)cc1. The molecule has 0 bridgehead atoms. The second-order valence-corrected chi connectivity index (χ2v) is 13.0. The molecule has 0 aromatic heterocycles. The molecule has 1 aliphatic carbocycles. The van der Waals surface area contributed by atoms with Crippen LogP contribution in [0.25, 0.3) is 11.1 Å². The number of carbonyl (C=O) groups is 1. The lowest BCUT2D eigenvalue weighted by atomic mass is 9.81. The molecule has 0 spiro atoms. The minimum Gasteiger partial charge on any atom is -0.508 e. The van der Waals surface area contributed by atoms with Gasteiger partial charge in [0.05, 0.1) is 13.7 Å². The van der Waals surface area contributed by atoms with Crippen molar-refractivity contribution >= 4 is 11.6 Å². The van der Waals surface area contributed by atoms with Crippen molar-refractivity contribution in [3.63, 3.8) is 0 Å². The van der Waals surface area contributed by atoms with Gasteiger partial charge in [0.15, 0.2) is 0 Å². The molecule has 0 heterocycles. The van der Waals surface area contributed by atoms with Gasteiger partial charge >= 0.3 is 0 Å². The van der Waals surface area contributed by atoms with E-state index in [1.807, 2.05) is 75.3 Å². The lowest BCUT2D eigenvalue weighted by molar-refractivity contribution is 0.0669. The molecule has 1 aliphatic rings. The Balaban J connectivity index is 0.00000245. The van der Waals surface area contributed by atoms with Crippen molar-refractivity contribution in [2.45, 2.75) is 59.9 Å². The summed E-state index contributed by atoms with van der Waals surface area (Å²) in [5, 5.41) is 9.97. The molecule has 1 fully saturated rings. The van der Waals surface area contributed by atoms with Gasteiger partial charge in [-0.2, -0.15) is 0 Å². The van der Waals surface area contributed by atoms with E-state index >= 15 is 0 Å². The Kier molecular flexibility index (Phi) is 12.4. The maximum absolute atomic E-state index is 14.0. The minimum atomic E-state index is -0.00456. The number of phenolic OH excluding ortho intramolecular Hbond substituents is 1. The molecular weight excluding hydrogens is 584 g/mol. The monoisotopic (exact) mass is 636 g/mol. The van der Waals surface area contributed by atoms with Crippen molar-refractivity contribution in [3.8, 4) is 28.4 Å². The highest BCUT2D eigenvalue weighted by Gasteiger charge is 2.36. The average Bonchev–Trinajstić information content (AvgIpc) is 3.43. The first-order chi connectivity index (χ1) is 22.6. The van der Waals surface area contributed by atoms with E-state index in [0.29, 0.717) is 36.9 Å². The van der Waals surface area contributed by atoms with Gasteiger partial charge in [-0.3, -0.25) is 4.79 Å². The smallest absolute Gasteiger partial charge is 0.254 e. The lowest BCUT2D eigenvalue weighted by Crippen LogP contribution is -2.38. The predicted octanol–water partition coefficient (Wildman–Crippen LogP) is 9.25. The summed E-state index contributed by atoms with van der Waals surface area (Å²) in [6, 6.07) is 29.6. The molecule has 4 aromatic rings. The first-order valence-corrected chi connectivity index (χ1v) is 16.9. The number of carbonyl (C=O) groups excluding carboxylic acids is 1. The summed E-state index contributed by atoms with van der Waals surface area (Å²) in [6.07, 6.45) is 4.30. The van der Waals surface area contributed by atoms with Gasteiger partial charge in [0.2, 0.25) is 0 Å². The normalized spacial score (nSPS) is 14.9. The lowest BCUT2D eigenvalue weighted by Gasteiger charge is -2.33. The van der Waals surface area contributed by atoms with E-state index in [2.05, 4.69) is 55.1 Å². The third kappa shape index (κ3) is 9.31. The van der Waals surface area contributed by atoms with Crippen LogP contribution in [0.4, 0.5) is 5.69 Å². The number of nitrogens with zero attached hydrogens (tertiary/aromatic N) is 2. The molecule has 0 radical (unpaired) electrons. The van der Waals surface area contributed by atoms with Crippen molar-refractivity contribution in [1.82, 2.24) is 4.90 Å². The van der Waals surface area contributed by atoms with Crippen molar-refractivity contribution in [2.75, 3.05) is 39.3 Å². The van der Waals surface area contributed by atoms with Crippen molar-refractivity contribution in [1.29, 1.82) is 0 Å². The molecule has 5 rings (SSSR count). The number of phenols is 1.